The molecule has 0 saturated carbocycles. The molecule has 0 aliphatic rings. The summed E-state index contributed by atoms with van der Waals surface area (Å²) in [6.07, 6.45) is -0.619. The minimum absolute atomic E-state index is 0.0579. The maximum atomic E-state index is 11.2. The molecule has 5 heteroatoms. The molecule has 0 aromatic carbocycles. The Balaban J connectivity index is 3.89. The highest BCUT2D eigenvalue weighted by molar-refractivity contribution is 9.09. The molecule has 0 radical (unpaired) electrons. The van der Waals surface area contributed by atoms with Crippen molar-refractivity contribution in [1.82, 2.24) is 5.48 Å². The van der Waals surface area contributed by atoms with Crippen LogP contribution in [0.15, 0.2) is 0 Å². The summed E-state index contributed by atoms with van der Waals surface area (Å²) < 4.78 is 5.02. The van der Waals surface area contributed by atoms with E-state index in [1.165, 1.54) is 0 Å². The van der Waals surface area contributed by atoms with Crippen LogP contribution in [0.5, 0.6) is 0 Å². The normalized spacial score (nSPS) is 13.8. The van der Waals surface area contributed by atoms with E-state index in [4.69, 9.17) is 9.57 Å². The Morgan fingerprint density at radius 1 is 1.40 bits per heavy atom. The number of carbonyl (C=O) groups excluding carboxylic acids is 1. The standard InChI is InChI=1S/C10H20BrNO3/c1-7(2)8(6-11)15-12-9(13)14-10(3,4)5/h7-8H,6H2,1-5H3,(H,12,13)/t8-/m0/s1. The van der Waals surface area contributed by atoms with Crippen molar-refractivity contribution < 1.29 is 14.4 Å². The fraction of sp³-hybridized carbons (Fsp3) is 0.900. The number of rotatable bonds is 4. The van der Waals surface area contributed by atoms with Crippen LogP contribution in [0, 0.1) is 5.92 Å². The molecular weight excluding hydrogens is 262 g/mol. The lowest BCUT2D eigenvalue weighted by Gasteiger charge is -2.22. The third kappa shape index (κ3) is 7.62. The Bertz CT molecular complexity index is 201. The van der Waals surface area contributed by atoms with Gasteiger partial charge in [0.2, 0.25) is 0 Å². The first-order chi connectivity index (χ1) is 6.76. The van der Waals surface area contributed by atoms with Crippen molar-refractivity contribution in [2.75, 3.05) is 5.33 Å². The van der Waals surface area contributed by atoms with Crippen LogP contribution < -0.4 is 5.48 Å². The van der Waals surface area contributed by atoms with Gasteiger partial charge in [0.25, 0.3) is 0 Å². The van der Waals surface area contributed by atoms with Crippen LogP contribution in [0.3, 0.4) is 0 Å². The summed E-state index contributed by atoms with van der Waals surface area (Å²) in [5.41, 5.74) is 1.78. The van der Waals surface area contributed by atoms with Crippen LogP contribution in [0.1, 0.15) is 34.6 Å². The first kappa shape index (κ1) is 14.7. The van der Waals surface area contributed by atoms with Gasteiger partial charge in [-0.1, -0.05) is 29.8 Å². The molecule has 0 fully saturated rings. The zero-order valence-electron chi connectivity index (χ0n) is 9.96. The average Bonchev–Trinajstić information content (AvgIpc) is 2.01. The molecule has 1 atom stereocenters. The largest absolute Gasteiger partial charge is 0.442 e. The van der Waals surface area contributed by atoms with Crippen molar-refractivity contribution in [2.45, 2.75) is 46.3 Å². The number of hydrogen-bond donors (Lipinski definition) is 1. The second-order valence-corrected chi connectivity index (χ2v) is 5.31. The molecule has 0 aromatic heterocycles. The number of ether oxygens (including phenoxy) is 1. The summed E-state index contributed by atoms with van der Waals surface area (Å²) in [4.78, 5) is 16.4. The highest BCUT2D eigenvalue weighted by Crippen LogP contribution is 2.09. The van der Waals surface area contributed by atoms with Crippen LogP contribution in [0.2, 0.25) is 0 Å². The molecule has 1 amide bonds. The van der Waals surface area contributed by atoms with E-state index in [-0.39, 0.29) is 6.10 Å². The summed E-state index contributed by atoms with van der Waals surface area (Å²) in [6.45, 7) is 9.44. The van der Waals surface area contributed by atoms with Gasteiger partial charge in [0, 0.05) is 5.33 Å². The highest BCUT2D eigenvalue weighted by Gasteiger charge is 2.18. The van der Waals surface area contributed by atoms with Gasteiger partial charge in [-0.05, 0) is 26.7 Å². The predicted octanol–water partition coefficient (Wildman–Crippen LogP) is 2.86. The van der Waals surface area contributed by atoms with Gasteiger partial charge in [0.15, 0.2) is 0 Å². The lowest BCUT2D eigenvalue weighted by atomic mass is 10.1. The van der Waals surface area contributed by atoms with E-state index in [2.05, 4.69) is 21.4 Å². The molecular formula is C10H20BrNO3. The first-order valence-electron chi connectivity index (χ1n) is 4.97. The molecule has 0 heterocycles. The molecule has 1 N–H and O–H groups in total. The molecule has 0 aliphatic carbocycles. The number of alkyl halides is 1. The zero-order valence-corrected chi connectivity index (χ0v) is 11.6. The second kappa shape index (κ2) is 6.33. The molecule has 0 unspecified atom stereocenters. The Labute approximate surface area is 99.8 Å². The fourth-order valence-electron chi connectivity index (χ4n) is 0.768. The third-order valence-corrected chi connectivity index (χ3v) is 2.23. The predicted molar refractivity (Wildman–Crippen MR) is 62.9 cm³/mol. The first-order valence-corrected chi connectivity index (χ1v) is 6.09. The quantitative estimate of drug-likeness (QED) is 0.637. The Kier molecular flexibility index (Phi) is 6.20. The minimum Gasteiger partial charge on any atom is -0.442 e. The van der Waals surface area contributed by atoms with E-state index in [0.717, 1.165) is 0 Å². The van der Waals surface area contributed by atoms with Gasteiger partial charge in [0.1, 0.15) is 5.60 Å². The number of halogens is 1. The van der Waals surface area contributed by atoms with Crippen molar-refractivity contribution >= 4 is 22.0 Å². The monoisotopic (exact) mass is 281 g/mol. The van der Waals surface area contributed by atoms with Gasteiger partial charge in [-0.25, -0.2) is 4.79 Å². The lowest BCUT2D eigenvalue weighted by molar-refractivity contribution is -0.0481. The number of hydroxylamine groups is 1. The number of hydrogen-bond acceptors (Lipinski definition) is 3. The van der Waals surface area contributed by atoms with Gasteiger partial charge in [0.05, 0.1) is 6.10 Å². The number of amides is 1. The van der Waals surface area contributed by atoms with Crippen LogP contribution in [-0.4, -0.2) is 23.1 Å². The molecule has 90 valence electrons. The van der Waals surface area contributed by atoms with Crippen molar-refractivity contribution in [3.8, 4) is 0 Å². The van der Waals surface area contributed by atoms with Crippen LogP contribution in [0.4, 0.5) is 4.79 Å². The van der Waals surface area contributed by atoms with Crippen molar-refractivity contribution in [2.24, 2.45) is 5.92 Å². The third-order valence-electron chi connectivity index (χ3n) is 1.59. The van der Waals surface area contributed by atoms with E-state index < -0.39 is 11.7 Å². The van der Waals surface area contributed by atoms with Crippen LogP contribution >= 0.6 is 15.9 Å². The van der Waals surface area contributed by atoms with E-state index in [9.17, 15) is 4.79 Å². The van der Waals surface area contributed by atoms with Gasteiger partial charge < -0.3 is 4.74 Å². The smallest absolute Gasteiger partial charge is 0.431 e. The molecule has 0 aliphatic heterocycles. The zero-order chi connectivity index (χ0) is 12.1. The summed E-state index contributed by atoms with van der Waals surface area (Å²) in [6, 6.07) is 0. The van der Waals surface area contributed by atoms with Gasteiger partial charge in [-0.2, -0.15) is 5.48 Å². The Morgan fingerprint density at radius 2 is 1.93 bits per heavy atom. The van der Waals surface area contributed by atoms with Crippen molar-refractivity contribution in [3.63, 3.8) is 0 Å². The van der Waals surface area contributed by atoms with Gasteiger partial charge >= 0.3 is 6.09 Å². The van der Waals surface area contributed by atoms with E-state index >= 15 is 0 Å². The minimum atomic E-state index is -0.561. The highest BCUT2D eigenvalue weighted by atomic mass is 79.9. The number of carbonyl (C=O) groups is 1. The molecule has 15 heavy (non-hydrogen) atoms. The second-order valence-electron chi connectivity index (χ2n) is 4.66. The van der Waals surface area contributed by atoms with Crippen LogP contribution in [-0.2, 0) is 9.57 Å². The molecule has 0 aromatic rings. The SMILES string of the molecule is CC(C)[C@H](CBr)ONC(=O)OC(C)(C)C. The molecule has 0 saturated heterocycles. The topological polar surface area (TPSA) is 47.6 Å². The molecule has 0 bridgehead atoms. The van der Waals surface area contributed by atoms with Crippen LogP contribution in [0.25, 0.3) is 0 Å². The summed E-state index contributed by atoms with van der Waals surface area (Å²) >= 11 is 3.31. The Morgan fingerprint density at radius 3 is 2.27 bits per heavy atom. The molecule has 0 spiro atoms. The van der Waals surface area contributed by atoms with Gasteiger partial charge in [-0.15, -0.1) is 0 Å². The molecule has 4 nitrogen and oxygen atoms in total. The lowest BCUT2D eigenvalue weighted by Crippen LogP contribution is -2.37. The van der Waals surface area contributed by atoms with E-state index in [1.54, 1.807) is 20.8 Å². The van der Waals surface area contributed by atoms with E-state index in [0.29, 0.717) is 11.2 Å². The fourth-order valence-corrected chi connectivity index (χ4v) is 1.65. The number of nitrogens with one attached hydrogen (secondary N) is 1. The maximum absolute atomic E-state index is 11.2. The molecule has 0 rings (SSSR count). The average molecular weight is 282 g/mol. The summed E-state index contributed by atoms with van der Waals surface area (Å²) in [7, 11) is 0. The van der Waals surface area contributed by atoms with Gasteiger partial charge in [-0.3, -0.25) is 4.84 Å². The summed E-state index contributed by atoms with van der Waals surface area (Å²) in [5, 5.41) is 0.667. The maximum Gasteiger partial charge on any atom is 0.431 e. The summed E-state index contributed by atoms with van der Waals surface area (Å²) in [5.74, 6) is 0.319. The Hall–Kier alpha value is -0.290. The van der Waals surface area contributed by atoms with Crippen molar-refractivity contribution in [3.05, 3.63) is 0 Å². The van der Waals surface area contributed by atoms with Crippen molar-refractivity contribution in [1.29, 1.82) is 0 Å². The van der Waals surface area contributed by atoms with E-state index in [1.807, 2.05) is 13.8 Å².